The van der Waals surface area contributed by atoms with Crippen LogP contribution in [0.5, 0.6) is 5.75 Å². The molecule has 33 heavy (non-hydrogen) atoms. The number of benzene rings is 2. The lowest BCUT2D eigenvalue weighted by Crippen LogP contribution is -2.48. The van der Waals surface area contributed by atoms with Crippen molar-refractivity contribution in [3.8, 4) is 17.0 Å². The maximum atomic E-state index is 13.4. The fourth-order valence-electron chi connectivity index (χ4n) is 4.37. The van der Waals surface area contributed by atoms with Gasteiger partial charge in [0, 0.05) is 37.9 Å². The van der Waals surface area contributed by atoms with Crippen LogP contribution in [0.2, 0.25) is 0 Å². The van der Waals surface area contributed by atoms with Gasteiger partial charge in [-0.15, -0.1) is 0 Å². The Morgan fingerprint density at radius 3 is 2.52 bits per heavy atom. The summed E-state index contributed by atoms with van der Waals surface area (Å²) in [5.41, 5.74) is 6.61. The van der Waals surface area contributed by atoms with Crippen molar-refractivity contribution in [1.82, 2.24) is 19.5 Å². The molecule has 0 bridgehead atoms. The lowest BCUT2D eigenvalue weighted by Gasteiger charge is -2.36. The van der Waals surface area contributed by atoms with Crippen molar-refractivity contribution in [2.24, 2.45) is 0 Å². The molecule has 7 nitrogen and oxygen atoms in total. The Morgan fingerprint density at radius 2 is 1.76 bits per heavy atom. The predicted molar refractivity (Wildman–Crippen MR) is 129 cm³/mol. The van der Waals surface area contributed by atoms with Gasteiger partial charge in [0.05, 0.1) is 24.7 Å². The quantitative estimate of drug-likeness (QED) is 0.479. The Morgan fingerprint density at radius 1 is 0.970 bits per heavy atom. The molecule has 5 rings (SSSR count). The van der Waals surface area contributed by atoms with Crippen LogP contribution in [0, 0.1) is 13.8 Å². The Bertz CT molecular complexity index is 1320. The number of ether oxygens (including phenoxy) is 1. The number of aromatic nitrogens is 3. The number of fused-ring (bicyclic) bond motifs is 1. The van der Waals surface area contributed by atoms with E-state index in [4.69, 9.17) is 4.74 Å². The van der Waals surface area contributed by atoms with Crippen molar-refractivity contribution < 1.29 is 9.53 Å². The molecule has 0 aliphatic carbocycles. The minimum absolute atomic E-state index is 0.0330. The van der Waals surface area contributed by atoms with Gasteiger partial charge in [-0.3, -0.25) is 4.79 Å². The highest BCUT2D eigenvalue weighted by Crippen LogP contribution is 2.29. The number of piperazine rings is 1. The molecule has 0 saturated carbocycles. The molecule has 4 aromatic rings. The summed E-state index contributed by atoms with van der Waals surface area (Å²) in [5, 5.41) is 4.53. The number of nitrogens with zero attached hydrogens (tertiary/aromatic N) is 5. The molecule has 0 unspecified atom stereocenters. The van der Waals surface area contributed by atoms with Crippen LogP contribution >= 0.6 is 0 Å². The summed E-state index contributed by atoms with van der Waals surface area (Å²) in [6.07, 6.45) is 3.39. The minimum atomic E-state index is -0.0330. The molecule has 0 radical (unpaired) electrons. The van der Waals surface area contributed by atoms with Crippen LogP contribution in [0.15, 0.2) is 60.9 Å². The molecular weight excluding hydrogens is 414 g/mol. The van der Waals surface area contributed by atoms with Gasteiger partial charge in [-0.05, 0) is 49.2 Å². The number of hydrogen-bond donors (Lipinski definition) is 0. The first-order valence-corrected chi connectivity index (χ1v) is 11.1. The van der Waals surface area contributed by atoms with Crippen LogP contribution in [0.25, 0.3) is 16.9 Å². The third-order valence-corrected chi connectivity index (χ3v) is 6.43. The van der Waals surface area contributed by atoms with Gasteiger partial charge in [0.25, 0.3) is 5.91 Å². The average molecular weight is 442 g/mol. The third-order valence-electron chi connectivity index (χ3n) is 6.43. The molecule has 1 fully saturated rings. The Hall–Kier alpha value is -3.87. The zero-order chi connectivity index (χ0) is 22.9. The van der Waals surface area contributed by atoms with E-state index in [-0.39, 0.29) is 5.91 Å². The number of carbonyl (C=O) groups is 1. The van der Waals surface area contributed by atoms with Crippen molar-refractivity contribution in [3.05, 3.63) is 77.6 Å². The summed E-state index contributed by atoms with van der Waals surface area (Å²) in [5.74, 6) is 0.817. The van der Waals surface area contributed by atoms with Gasteiger partial charge in [0.2, 0.25) is 0 Å². The second kappa shape index (κ2) is 8.58. The van der Waals surface area contributed by atoms with Crippen LogP contribution in [0.1, 0.15) is 21.5 Å². The van der Waals surface area contributed by atoms with Crippen LogP contribution < -0.4 is 9.64 Å². The number of para-hydroxylation sites is 2. The van der Waals surface area contributed by atoms with Crippen LogP contribution in [0.3, 0.4) is 0 Å². The summed E-state index contributed by atoms with van der Waals surface area (Å²) in [6, 6.07) is 16.3. The first-order chi connectivity index (χ1) is 16.1. The number of hydrogen-bond acceptors (Lipinski definition) is 5. The monoisotopic (exact) mass is 441 g/mol. The van der Waals surface area contributed by atoms with E-state index in [1.165, 1.54) is 11.1 Å². The summed E-state index contributed by atoms with van der Waals surface area (Å²) < 4.78 is 7.27. The topological polar surface area (TPSA) is 63.0 Å². The van der Waals surface area contributed by atoms with E-state index in [0.717, 1.165) is 35.8 Å². The van der Waals surface area contributed by atoms with Gasteiger partial charge in [0.1, 0.15) is 11.3 Å². The molecule has 1 aliphatic rings. The largest absolute Gasteiger partial charge is 0.495 e. The molecule has 0 spiro atoms. The first-order valence-electron chi connectivity index (χ1n) is 11.1. The summed E-state index contributed by atoms with van der Waals surface area (Å²) in [4.78, 5) is 22.0. The van der Waals surface area contributed by atoms with Crippen molar-refractivity contribution in [2.75, 3.05) is 38.2 Å². The molecule has 2 aromatic carbocycles. The highest BCUT2D eigenvalue weighted by Gasteiger charge is 2.26. The minimum Gasteiger partial charge on any atom is -0.495 e. The number of methoxy groups -OCH3 is 1. The van der Waals surface area contributed by atoms with Crippen LogP contribution in [0.4, 0.5) is 5.69 Å². The SMILES string of the molecule is COc1ccccc1N1CCN(C(=O)c2cnn3c(-c4ccc(C)c(C)c4)ccnc23)CC1. The lowest BCUT2D eigenvalue weighted by molar-refractivity contribution is 0.0748. The maximum Gasteiger partial charge on any atom is 0.259 e. The Kier molecular flexibility index (Phi) is 5.46. The second-order valence-corrected chi connectivity index (χ2v) is 8.37. The molecule has 168 valence electrons. The number of carbonyl (C=O) groups excluding carboxylic acids is 1. The number of rotatable bonds is 4. The van der Waals surface area contributed by atoms with Gasteiger partial charge in [-0.2, -0.15) is 5.10 Å². The first kappa shape index (κ1) is 21.0. The summed E-state index contributed by atoms with van der Waals surface area (Å²) in [7, 11) is 1.68. The van der Waals surface area contributed by atoms with Crippen molar-refractivity contribution in [1.29, 1.82) is 0 Å². The zero-order valence-electron chi connectivity index (χ0n) is 19.2. The molecule has 0 N–H and O–H groups in total. The number of amides is 1. The zero-order valence-corrected chi connectivity index (χ0v) is 19.2. The molecule has 1 aliphatic heterocycles. The predicted octanol–water partition coefficient (Wildman–Crippen LogP) is 3.98. The van der Waals surface area contributed by atoms with Gasteiger partial charge in [-0.25, -0.2) is 9.50 Å². The second-order valence-electron chi connectivity index (χ2n) is 8.37. The van der Waals surface area contributed by atoms with E-state index in [0.29, 0.717) is 24.3 Å². The standard InChI is InChI=1S/C26H27N5O2/c1-18-8-9-20(16-19(18)2)22-10-11-27-25-21(17-28-31(22)25)26(32)30-14-12-29(13-15-30)23-6-4-5-7-24(23)33-3/h4-11,16-17H,12-15H2,1-3H3. The van der Waals surface area contributed by atoms with Crippen molar-refractivity contribution in [2.45, 2.75) is 13.8 Å². The normalized spacial score (nSPS) is 14.0. The van der Waals surface area contributed by atoms with E-state index in [1.807, 2.05) is 29.2 Å². The van der Waals surface area contributed by atoms with E-state index in [9.17, 15) is 4.79 Å². The molecule has 1 saturated heterocycles. The van der Waals surface area contributed by atoms with E-state index >= 15 is 0 Å². The van der Waals surface area contributed by atoms with Crippen LogP contribution in [-0.4, -0.2) is 58.7 Å². The molecule has 2 aromatic heterocycles. The summed E-state index contributed by atoms with van der Waals surface area (Å²) in [6.45, 7) is 6.94. The van der Waals surface area contributed by atoms with Crippen LogP contribution in [-0.2, 0) is 0 Å². The van der Waals surface area contributed by atoms with Gasteiger partial charge >= 0.3 is 0 Å². The Balaban J connectivity index is 1.38. The fourth-order valence-corrected chi connectivity index (χ4v) is 4.37. The molecule has 7 heteroatoms. The molecule has 1 amide bonds. The lowest BCUT2D eigenvalue weighted by atomic mass is 10.0. The fraction of sp³-hybridized carbons (Fsp3) is 0.269. The van der Waals surface area contributed by atoms with E-state index in [1.54, 1.807) is 24.0 Å². The third kappa shape index (κ3) is 3.80. The highest BCUT2D eigenvalue weighted by atomic mass is 16.5. The van der Waals surface area contributed by atoms with Gasteiger partial charge in [0.15, 0.2) is 5.65 Å². The van der Waals surface area contributed by atoms with Crippen molar-refractivity contribution >= 4 is 17.2 Å². The highest BCUT2D eigenvalue weighted by molar-refractivity contribution is 6.00. The average Bonchev–Trinajstić information content (AvgIpc) is 3.30. The van der Waals surface area contributed by atoms with Gasteiger partial charge in [-0.1, -0.05) is 24.3 Å². The molecule has 0 atom stereocenters. The van der Waals surface area contributed by atoms with Crippen molar-refractivity contribution in [3.63, 3.8) is 0 Å². The van der Waals surface area contributed by atoms with E-state index in [2.05, 4.69) is 53.1 Å². The molecular formula is C26H27N5O2. The number of anilines is 1. The smallest absolute Gasteiger partial charge is 0.259 e. The maximum absolute atomic E-state index is 13.4. The summed E-state index contributed by atoms with van der Waals surface area (Å²) >= 11 is 0. The number of aryl methyl sites for hydroxylation is 2. The molecule has 3 heterocycles. The van der Waals surface area contributed by atoms with E-state index < -0.39 is 0 Å². The van der Waals surface area contributed by atoms with Gasteiger partial charge < -0.3 is 14.5 Å². The Labute approximate surface area is 193 Å².